The number of nitrogens with zero attached hydrogens (tertiary/aromatic N) is 3. The first kappa shape index (κ1) is 19.3. The lowest BCUT2D eigenvalue weighted by Crippen LogP contribution is -2.54. The van der Waals surface area contributed by atoms with Crippen LogP contribution < -0.4 is 0 Å². The number of benzene rings is 1. The summed E-state index contributed by atoms with van der Waals surface area (Å²) < 4.78 is 0. The average molecular weight is 423 g/mol. The van der Waals surface area contributed by atoms with Crippen LogP contribution in [0.3, 0.4) is 0 Å². The highest BCUT2D eigenvalue weighted by Gasteiger charge is 2.37. The highest BCUT2D eigenvalue weighted by atomic mass is 32.1. The molecule has 5 rings (SSSR count). The van der Waals surface area contributed by atoms with Gasteiger partial charge in [-0.1, -0.05) is 18.2 Å². The minimum atomic E-state index is -0.345. The van der Waals surface area contributed by atoms with Gasteiger partial charge in [0.25, 0.3) is 5.91 Å². The molecule has 4 heterocycles. The van der Waals surface area contributed by atoms with E-state index in [1.807, 2.05) is 51.6 Å². The topological polar surface area (TPSA) is 69.3 Å². The zero-order valence-corrected chi connectivity index (χ0v) is 17.7. The van der Waals surface area contributed by atoms with Crippen LogP contribution in [0.4, 0.5) is 0 Å². The maximum absolute atomic E-state index is 13.5. The molecule has 0 spiro atoms. The Hall–Kier alpha value is -2.67. The number of nitrogens with one attached hydrogen (secondary N) is 1. The number of aromatic nitrogens is 2. The SMILES string of the molecule is O=C(C1CCCCN1C(=O)c1cccs1)N1CCCC(c2nc3ccccc3[nH]2)C1. The van der Waals surface area contributed by atoms with Gasteiger partial charge < -0.3 is 14.8 Å². The Labute approximate surface area is 179 Å². The monoisotopic (exact) mass is 422 g/mol. The maximum atomic E-state index is 13.5. The second-order valence-electron chi connectivity index (χ2n) is 8.25. The summed E-state index contributed by atoms with van der Waals surface area (Å²) in [5, 5.41) is 1.91. The summed E-state index contributed by atoms with van der Waals surface area (Å²) in [6.45, 7) is 2.08. The van der Waals surface area contributed by atoms with E-state index in [4.69, 9.17) is 4.98 Å². The van der Waals surface area contributed by atoms with Crippen LogP contribution in [0, 0.1) is 0 Å². The number of piperidine rings is 2. The summed E-state index contributed by atoms with van der Waals surface area (Å²) in [5.41, 5.74) is 2.01. The van der Waals surface area contributed by atoms with Gasteiger partial charge in [0.1, 0.15) is 11.9 Å². The minimum Gasteiger partial charge on any atom is -0.342 e. The third-order valence-electron chi connectivity index (χ3n) is 6.31. The first-order valence-electron chi connectivity index (χ1n) is 10.8. The number of fused-ring (bicyclic) bond motifs is 1. The predicted molar refractivity (Wildman–Crippen MR) is 118 cm³/mol. The molecule has 2 amide bonds. The zero-order valence-electron chi connectivity index (χ0n) is 16.9. The highest BCUT2D eigenvalue weighted by molar-refractivity contribution is 7.12. The number of carbonyl (C=O) groups excluding carboxylic acids is 2. The van der Waals surface area contributed by atoms with Gasteiger partial charge in [-0.15, -0.1) is 11.3 Å². The fourth-order valence-corrected chi connectivity index (χ4v) is 5.43. The van der Waals surface area contributed by atoms with Gasteiger partial charge in [-0.05, 0) is 55.7 Å². The number of carbonyl (C=O) groups is 2. The van der Waals surface area contributed by atoms with E-state index in [-0.39, 0.29) is 23.8 Å². The van der Waals surface area contributed by atoms with Crippen LogP contribution in [0.15, 0.2) is 41.8 Å². The van der Waals surface area contributed by atoms with Crippen molar-refractivity contribution in [2.75, 3.05) is 19.6 Å². The smallest absolute Gasteiger partial charge is 0.264 e. The van der Waals surface area contributed by atoms with Gasteiger partial charge in [0, 0.05) is 25.6 Å². The van der Waals surface area contributed by atoms with Crippen molar-refractivity contribution in [2.45, 2.75) is 44.1 Å². The van der Waals surface area contributed by atoms with Gasteiger partial charge in [-0.2, -0.15) is 0 Å². The van der Waals surface area contributed by atoms with Crippen molar-refractivity contribution < 1.29 is 9.59 Å². The Morgan fingerprint density at radius 1 is 1.03 bits per heavy atom. The molecule has 3 aromatic rings. The summed E-state index contributed by atoms with van der Waals surface area (Å²) in [4.78, 5) is 39.2. The average Bonchev–Trinajstić information content (AvgIpc) is 3.48. The lowest BCUT2D eigenvalue weighted by molar-refractivity contribution is -0.138. The molecule has 156 valence electrons. The summed E-state index contributed by atoms with van der Waals surface area (Å²) in [6, 6.07) is 11.4. The van der Waals surface area contributed by atoms with Crippen LogP contribution in [0.25, 0.3) is 11.0 Å². The molecule has 2 atom stereocenters. The predicted octanol–water partition coefficient (Wildman–Crippen LogP) is 4.03. The third kappa shape index (κ3) is 3.62. The highest BCUT2D eigenvalue weighted by Crippen LogP contribution is 2.29. The van der Waals surface area contributed by atoms with Gasteiger partial charge in [0.15, 0.2) is 0 Å². The van der Waals surface area contributed by atoms with Crippen molar-refractivity contribution in [2.24, 2.45) is 0 Å². The van der Waals surface area contributed by atoms with Crippen LogP contribution in [-0.4, -0.2) is 57.3 Å². The lowest BCUT2D eigenvalue weighted by atomic mass is 9.94. The molecule has 2 unspecified atom stereocenters. The molecule has 6 nitrogen and oxygen atoms in total. The molecule has 0 bridgehead atoms. The standard InChI is InChI=1S/C23H26N4O2S/c28-22(19-10-3-4-13-27(19)23(29)20-11-6-14-30-20)26-12-5-7-16(15-26)21-24-17-8-1-2-9-18(17)25-21/h1-2,6,8-9,11,14,16,19H,3-5,7,10,12-13,15H2,(H,24,25). The first-order chi connectivity index (χ1) is 14.7. The molecule has 1 aromatic carbocycles. The summed E-state index contributed by atoms with van der Waals surface area (Å²) >= 11 is 1.45. The third-order valence-corrected chi connectivity index (χ3v) is 7.17. The number of rotatable bonds is 3. The molecule has 2 fully saturated rings. The fraction of sp³-hybridized carbons (Fsp3) is 0.435. The second-order valence-corrected chi connectivity index (χ2v) is 9.20. The number of aromatic amines is 1. The number of imidazole rings is 1. The van der Waals surface area contributed by atoms with Crippen LogP contribution in [-0.2, 0) is 4.79 Å². The molecule has 0 aliphatic carbocycles. The molecule has 2 aromatic heterocycles. The maximum Gasteiger partial charge on any atom is 0.264 e. The van der Waals surface area contributed by atoms with Gasteiger partial charge in [-0.3, -0.25) is 9.59 Å². The number of para-hydroxylation sites is 2. The van der Waals surface area contributed by atoms with E-state index in [0.29, 0.717) is 18.0 Å². The normalized spacial score (nSPS) is 22.4. The van der Waals surface area contributed by atoms with E-state index in [0.717, 1.165) is 55.5 Å². The molecule has 0 radical (unpaired) electrons. The summed E-state index contributed by atoms with van der Waals surface area (Å²) in [5.74, 6) is 1.26. The minimum absolute atomic E-state index is 0.00565. The summed E-state index contributed by atoms with van der Waals surface area (Å²) in [6.07, 6.45) is 4.68. The van der Waals surface area contributed by atoms with Gasteiger partial charge in [0.2, 0.25) is 5.91 Å². The lowest BCUT2D eigenvalue weighted by Gasteiger charge is -2.40. The number of amides is 2. The molecule has 7 heteroatoms. The Balaban J connectivity index is 1.33. The van der Waals surface area contributed by atoms with Gasteiger partial charge in [0.05, 0.1) is 15.9 Å². The van der Waals surface area contributed by atoms with Crippen LogP contribution in [0.5, 0.6) is 0 Å². The molecule has 2 saturated heterocycles. The number of hydrogen-bond donors (Lipinski definition) is 1. The van der Waals surface area contributed by atoms with Crippen LogP contribution >= 0.6 is 11.3 Å². The van der Waals surface area contributed by atoms with Crippen molar-refractivity contribution in [1.82, 2.24) is 19.8 Å². The molecule has 2 aliphatic heterocycles. The Morgan fingerprint density at radius 2 is 1.93 bits per heavy atom. The molecule has 30 heavy (non-hydrogen) atoms. The zero-order chi connectivity index (χ0) is 20.5. The van der Waals surface area contributed by atoms with Gasteiger partial charge >= 0.3 is 0 Å². The number of likely N-dealkylation sites (tertiary alicyclic amines) is 2. The number of hydrogen-bond acceptors (Lipinski definition) is 4. The van der Waals surface area contributed by atoms with E-state index in [1.54, 1.807) is 0 Å². The van der Waals surface area contributed by atoms with Crippen molar-refractivity contribution in [3.63, 3.8) is 0 Å². The van der Waals surface area contributed by atoms with E-state index >= 15 is 0 Å². The number of thiophene rings is 1. The molecular weight excluding hydrogens is 396 g/mol. The fourth-order valence-electron chi connectivity index (χ4n) is 4.75. The van der Waals surface area contributed by atoms with E-state index in [2.05, 4.69) is 4.98 Å². The van der Waals surface area contributed by atoms with E-state index < -0.39 is 0 Å². The van der Waals surface area contributed by atoms with Gasteiger partial charge in [-0.25, -0.2) is 4.98 Å². The number of H-pyrrole nitrogens is 1. The summed E-state index contributed by atoms with van der Waals surface area (Å²) in [7, 11) is 0. The van der Waals surface area contributed by atoms with Crippen molar-refractivity contribution in [3.8, 4) is 0 Å². The van der Waals surface area contributed by atoms with Crippen molar-refractivity contribution in [1.29, 1.82) is 0 Å². The quantitative estimate of drug-likeness (QED) is 0.693. The second kappa shape index (κ2) is 8.22. The van der Waals surface area contributed by atoms with Crippen molar-refractivity contribution in [3.05, 3.63) is 52.5 Å². The van der Waals surface area contributed by atoms with E-state index in [9.17, 15) is 9.59 Å². The molecular formula is C23H26N4O2S. The first-order valence-corrected chi connectivity index (χ1v) is 11.7. The van der Waals surface area contributed by atoms with Crippen LogP contribution in [0.1, 0.15) is 53.5 Å². The van der Waals surface area contributed by atoms with E-state index in [1.165, 1.54) is 11.3 Å². The molecule has 0 saturated carbocycles. The Kier molecular flexibility index (Phi) is 5.29. The van der Waals surface area contributed by atoms with Crippen LogP contribution in [0.2, 0.25) is 0 Å². The largest absolute Gasteiger partial charge is 0.342 e. The molecule has 2 aliphatic rings. The van der Waals surface area contributed by atoms with Crippen molar-refractivity contribution >= 4 is 34.2 Å². The Morgan fingerprint density at radius 3 is 2.77 bits per heavy atom. The molecule has 1 N–H and O–H groups in total. The Bertz CT molecular complexity index is 1010.